The van der Waals surface area contributed by atoms with Crippen molar-refractivity contribution in [3.05, 3.63) is 35.6 Å². The molecule has 1 unspecified atom stereocenters. The van der Waals surface area contributed by atoms with Crippen molar-refractivity contribution in [1.82, 2.24) is 5.43 Å². The summed E-state index contributed by atoms with van der Waals surface area (Å²) in [6.07, 6.45) is 0. The molecule has 0 fully saturated rings. The normalized spacial score (nSPS) is 12.8. The van der Waals surface area contributed by atoms with Gasteiger partial charge in [-0.1, -0.05) is 19.1 Å². The van der Waals surface area contributed by atoms with Gasteiger partial charge in [-0.3, -0.25) is 11.3 Å². The predicted molar refractivity (Wildman–Crippen MR) is 59.5 cm³/mol. The summed E-state index contributed by atoms with van der Waals surface area (Å²) in [7, 11) is 0. The zero-order valence-corrected chi connectivity index (χ0v) is 8.98. The Bertz CT molecular complexity index is 263. The molecule has 0 bridgehead atoms. The second kappa shape index (κ2) is 6.01. The molecular formula is C10H15FN2S. The van der Waals surface area contributed by atoms with E-state index < -0.39 is 0 Å². The van der Waals surface area contributed by atoms with Crippen molar-refractivity contribution < 1.29 is 4.39 Å². The minimum atomic E-state index is -0.215. The van der Waals surface area contributed by atoms with Gasteiger partial charge in [-0.25, -0.2) is 4.39 Å². The number of hydrogen-bond acceptors (Lipinski definition) is 3. The van der Waals surface area contributed by atoms with Gasteiger partial charge in [-0.2, -0.15) is 11.8 Å². The van der Waals surface area contributed by atoms with E-state index in [1.807, 2.05) is 0 Å². The number of halogens is 1. The van der Waals surface area contributed by atoms with Gasteiger partial charge in [-0.15, -0.1) is 0 Å². The maximum absolute atomic E-state index is 12.6. The first-order chi connectivity index (χ1) is 6.77. The van der Waals surface area contributed by atoms with E-state index in [0.717, 1.165) is 17.1 Å². The fourth-order valence-electron chi connectivity index (χ4n) is 1.17. The minimum absolute atomic E-state index is 0.0977. The molecule has 1 aromatic rings. The highest BCUT2D eigenvalue weighted by Gasteiger charge is 2.08. The van der Waals surface area contributed by atoms with Crippen LogP contribution in [0, 0.1) is 5.82 Å². The molecule has 1 rings (SSSR count). The van der Waals surface area contributed by atoms with Crippen molar-refractivity contribution in [3.8, 4) is 0 Å². The summed E-state index contributed by atoms with van der Waals surface area (Å²) in [6.45, 7) is 2.10. The van der Waals surface area contributed by atoms with E-state index in [9.17, 15) is 4.39 Å². The van der Waals surface area contributed by atoms with Crippen molar-refractivity contribution in [2.24, 2.45) is 5.84 Å². The summed E-state index contributed by atoms with van der Waals surface area (Å²) >= 11 is 1.80. The van der Waals surface area contributed by atoms with Crippen molar-refractivity contribution in [3.63, 3.8) is 0 Å². The largest absolute Gasteiger partial charge is 0.271 e. The summed E-state index contributed by atoms with van der Waals surface area (Å²) in [5, 5.41) is 0. The minimum Gasteiger partial charge on any atom is -0.271 e. The van der Waals surface area contributed by atoms with E-state index in [0.29, 0.717) is 0 Å². The Balaban J connectivity index is 2.64. The molecule has 78 valence electrons. The molecule has 0 spiro atoms. The number of hydrogen-bond donors (Lipinski definition) is 2. The highest BCUT2D eigenvalue weighted by molar-refractivity contribution is 7.99. The summed E-state index contributed by atoms with van der Waals surface area (Å²) in [4.78, 5) is 0. The van der Waals surface area contributed by atoms with E-state index in [1.165, 1.54) is 12.1 Å². The average Bonchev–Trinajstić information content (AvgIpc) is 2.21. The van der Waals surface area contributed by atoms with Crippen LogP contribution in [0.5, 0.6) is 0 Å². The third kappa shape index (κ3) is 3.29. The van der Waals surface area contributed by atoms with Gasteiger partial charge in [0.05, 0.1) is 6.04 Å². The highest BCUT2D eigenvalue weighted by atomic mass is 32.2. The smallest absolute Gasteiger partial charge is 0.123 e. The zero-order chi connectivity index (χ0) is 10.4. The summed E-state index contributed by atoms with van der Waals surface area (Å²) in [5.74, 6) is 7.17. The van der Waals surface area contributed by atoms with Gasteiger partial charge in [-0.05, 0) is 23.4 Å². The van der Waals surface area contributed by atoms with Crippen LogP contribution in [0.1, 0.15) is 18.5 Å². The number of thioether (sulfide) groups is 1. The lowest BCUT2D eigenvalue weighted by molar-refractivity contribution is 0.601. The fourth-order valence-corrected chi connectivity index (χ4v) is 1.93. The molecule has 0 aromatic heterocycles. The van der Waals surface area contributed by atoms with Crippen LogP contribution in [0.4, 0.5) is 4.39 Å². The van der Waals surface area contributed by atoms with Gasteiger partial charge in [0.2, 0.25) is 0 Å². The average molecular weight is 214 g/mol. The number of nitrogens with one attached hydrogen (secondary N) is 1. The van der Waals surface area contributed by atoms with Crippen LogP contribution in [0.3, 0.4) is 0 Å². The second-order valence-corrected chi connectivity index (χ2v) is 4.25. The van der Waals surface area contributed by atoms with Crippen LogP contribution in [-0.2, 0) is 0 Å². The van der Waals surface area contributed by atoms with Gasteiger partial charge in [0.15, 0.2) is 0 Å². The summed E-state index contributed by atoms with van der Waals surface area (Å²) in [6, 6.07) is 6.53. The summed E-state index contributed by atoms with van der Waals surface area (Å²) in [5.41, 5.74) is 3.75. The maximum atomic E-state index is 12.6. The monoisotopic (exact) mass is 214 g/mol. The lowest BCUT2D eigenvalue weighted by Gasteiger charge is -2.15. The third-order valence-electron chi connectivity index (χ3n) is 1.96. The second-order valence-electron chi connectivity index (χ2n) is 2.93. The van der Waals surface area contributed by atoms with Gasteiger partial charge in [0.25, 0.3) is 0 Å². The first kappa shape index (κ1) is 11.5. The third-order valence-corrected chi connectivity index (χ3v) is 2.94. The van der Waals surface area contributed by atoms with E-state index >= 15 is 0 Å². The first-order valence-corrected chi connectivity index (χ1v) is 5.72. The number of benzene rings is 1. The fraction of sp³-hybridized carbons (Fsp3) is 0.400. The lowest BCUT2D eigenvalue weighted by Crippen LogP contribution is -2.29. The van der Waals surface area contributed by atoms with E-state index in [4.69, 9.17) is 5.84 Å². The predicted octanol–water partition coefficient (Wildman–Crippen LogP) is 2.08. The van der Waals surface area contributed by atoms with Crippen LogP contribution < -0.4 is 11.3 Å². The molecular weight excluding hydrogens is 199 g/mol. The Hall–Kier alpha value is -0.580. The van der Waals surface area contributed by atoms with Gasteiger partial charge in [0, 0.05) is 5.75 Å². The van der Waals surface area contributed by atoms with E-state index in [1.54, 1.807) is 23.9 Å². The molecule has 14 heavy (non-hydrogen) atoms. The molecule has 1 aromatic carbocycles. The molecule has 0 saturated heterocycles. The molecule has 0 amide bonds. The Labute approximate surface area is 88.0 Å². The molecule has 0 radical (unpaired) electrons. The summed E-state index contributed by atoms with van der Waals surface area (Å²) < 4.78 is 12.6. The van der Waals surface area contributed by atoms with Crippen LogP contribution in [0.25, 0.3) is 0 Å². The molecule has 0 aliphatic rings. The van der Waals surface area contributed by atoms with Crippen molar-refractivity contribution in [2.45, 2.75) is 13.0 Å². The molecule has 0 heterocycles. The number of hydrazine groups is 1. The quantitative estimate of drug-likeness (QED) is 0.582. The molecule has 0 aliphatic heterocycles. The van der Waals surface area contributed by atoms with Crippen LogP contribution in [-0.4, -0.2) is 11.5 Å². The maximum Gasteiger partial charge on any atom is 0.123 e. The molecule has 0 aliphatic carbocycles. The van der Waals surface area contributed by atoms with Gasteiger partial charge >= 0.3 is 0 Å². The SMILES string of the molecule is CCSCC(NN)c1ccc(F)cc1. The topological polar surface area (TPSA) is 38.0 Å². The van der Waals surface area contributed by atoms with Crippen LogP contribution in [0.15, 0.2) is 24.3 Å². The van der Waals surface area contributed by atoms with Crippen LogP contribution >= 0.6 is 11.8 Å². The van der Waals surface area contributed by atoms with Crippen LogP contribution in [0.2, 0.25) is 0 Å². The van der Waals surface area contributed by atoms with Gasteiger partial charge in [0.1, 0.15) is 5.82 Å². The molecule has 4 heteroatoms. The Morgan fingerprint density at radius 2 is 2.07 bits per heavy atom. The van der Waals surface area contributed by atoms with Crippen molar-refractivity contribution in [2.75, 3.05) is 11.5 Å². The first-order valence-electron chi connectivity index (χ1n) is 4.57. The Kier molecular flexibility index (Phi) is 4.93. The van der Waals surface area contributed by atoms with Crippen molar-refractivity contribution in [1.29, 1.82) is 0 Å². The zero-order valence-electron chi connectivity index (χ0n) is 8.16. The lowest BCUT2D eigenvalue weighted by atomic mass is 10.1. The molecule has 2 nitrogen and oxygen atoms in total. The molecule has 0 saturated carbocycles. The Morgan fingerprint density at radius 1 is 1.43 bits per heavy atom. The Morgan fingerprint density at radius 3 is 2.57 bits per heavy atom. The number of rotatable bonds is 5. The molecule has 1 atom stereocenters. The molecule has 3 N–H and O–H groups in total. The standard InChI is InChI=1S/C10H15FN2S/c1-2-14-7-10(13-12)8-3-5-9(11)6-4-8/h3-6,10,13H,2,7,12H2,1H3. The highest BCUT2D eigenvalue weighted by Crippen LogP contribution is 2.17. The van der Waals surface area contributed by atoms with Crippen molar-refractivity contribution >= 4 is 11.8 Å². The van der Waals surface area contributed by atoms with E-state index in [-0.39, 0.29) is 11.9 Å². The number of nitrogens with two attached hydrogens (primary N) is 1. The van der Waals surface area contributed by atoms with Gasteiger partial charge < -0.3 is 0 Å². The van der Waals surface area contributed by atoms with E-state index in [2.05, 4.69) is 12.3 Å².